The van der Waals surface area contributed by atoms with Crippen LogP contribution in [0, 0.1) is 0 Å². The van der Waals surface area contributed by atoms with E-state index in [1.54, 1.807) is 0 Å². The number of carbonyl (C=O) groups is 2. The molecule has 166 valence electrons. The molecule has 0 bridgehead atoms. The summed E-state index contributed by atoms with van der Waals surface area (Å²) in [5, 5.41) is 3.47. The first-order valence-electron chi connectivity index (χ1n) is 11.4. The van der Waals surface area contributed by atoms with Gasteiger partial charge in [0.2, 0.25) is 0 Å². The second kappa shape index (κ2) is 9.60. The van der Waals surface area contributed by atoms with Gasteiger partial charge in [0.05, 0.1) is 13.2 Å². The Bertz CT molecular complexity index is 921. The number of unbranched alkanes of at least 4 members (excludes halogenated alkanes) is 1. The predicted octanol–water partition coefficient (Wildman–Crippen LogP) is 5.73. The number of Topliss-reactive ketones (excluding diaryl/α,β-unsaturated/α-hetero) is 2. The molecule has 1 heterocycles. The third kappa shape index (κ3) is 4.32. The molecule has 0 unspecified atom stereocenters. The van der Waals surface area contributed by atoms with E-state index in [4.69, 9.17) is 9.47 Å². The van der Waals surface area contributed by atoms with Gasteiger partial charge in [-0.25, -0.2) is 0 Å². The summed E-state index contributed by atoms with van der Waals surface area (Å²) in [6.45, 7) is 5.20. The summed E-state index contributed by atoms with van der Waals surface area (Å²) in [6.07, 6.45) is 6.47. The van der Waals surface area contributed by atoms with Crippen LogP contribution in [0.3, 0.4) is 0 Å². The molecule has 3 aliphatic rings. The molecule has 5 nitrogen and oxygen atoms in total. The molecule has 0 saturated carbocycles. The molecule has 4 rings (SSSR count). The van der Waals surface area contributed by atoms with E-state index in [2.05, 4.69) is 28.2 Å². The van der Waals surface area contributed by atoms with Crippen LogP contribution >= 0.6 is 15.9 Å². The first kappa shape index (κ1) is 22.1. The van der Waals surface area contributed by atoms with Crippen LogP contribution in [0.15, 0.2) is 39.1 Å². The molecule has 0 spiro atoms. The highest BCUT2D eigenvalue weighted by atomic mass is 79.9. The minimum atomic E-state index is -0.356. The van der Waals surface area contributed by atoms with Crippen molar-refractivity contribution in [3.8, 4) is 11.5 Å². The molecule has 0 saturated heterocycles. The number of ketones is 2. The van der Waals surface area contributed by atoms with Crippen molar-refractivity contribution in [2.75, 3.05) is 13.2 Å². The Morgan fingerprint density at radius 1 is 0.935 bits per heavy atom. The van der Waals surface area contributed by atoms with Crippen LogP contribution in [0.1, 0.15) is 76.7 Å². The fourth-order valence-corrected chi connectivity index (χ4v) is 5.33. The summed E-state index contributed by atoms with van der Waals surface area (Å²) in [6, 6.07) is 3.89. The van der Waals surface area contributed by atoms with Crippen molar-refractivity contribution >= 4 is 27.5 Å². The number of dihydropyridines is 1. The first-order valence-corrected chi connectivity index (χ1v) is 12.2. The number of ether oxygens (including phenoxy) is 2. The summed E-state index contributed by atoms with van der Waals surface area (Å²) in [7, 11) is 0. The summed E-state index contributed by atoms with van der Waals surface area (Å²) < 4.78 is 12.7. The highest BCUT2D eigenvalue weighted by molar-refractivity contribution is 9.10. The second-order valence-electron chi connectivity index (χ2n) is 8.35. The molecule has 31 heavy (non-hydrogen) atoms. The third-order valence-corrected chi connectivity index (χ3v) is 6.91. The normalized spacial score (nSPS) is 19.2. The first-order chi connectivity index (χ1) is 15.0. The third-order valence-electron chi connectivity index (χ3n) is 6.22. The summed E-state index contributed by atoms with van der Waals surface area (Å²) in [5.41, 5.74) is 4.38. The van der Waals surface area contributed by atoms with Crippen molar-refractivity contribution in [3.05, 3.63) is 44.7 Å². The summed E-state index contributed by atoms with van der Waals surface area (Å²) in [4.78, 5) is 26.1. The molecule has 1 N–H and O–H groups in total. The molecule has 0 radical (unpaired) electrons. The van der Waals surface area contributed by atoms with Crippen molar-refractivity contribution in [3.63, 3.8) is 0 Å². The maximum atomic E-state index is 13.1. The van der Waals surface area contributed by atoms with E-state index in [-0.39, 0.29) is 17.5 Å². The van der Waals surface area contributed by atoms with Crippen molar-refractivity contribution in [1.82, 2.24) is 5.32 Å². The molecule has 2 aliphatic carbocycles. The zero-order chi connectivity index (χ0) is 22.0. The molecule has 0 aromatic heterocycles. The Morgan fingerprint density at radius 3 is 2.13 bits per heavy atom. The molecule has 0 atom stereocenters. The number of benzene rings is 1. The minimum Gasteiger partial charge on any atom is -0.490 e. The van der Waals surface area contributed by atoms with E-state index in [0.29, 0.717) is 37.6 Å². The SMILES string of the molecule is CCCCOc1cc(Br)c(C2C3=C(CCCC3=O)NC3=C2C(=O)CCC3)cc1OCC. The van der Waals surface area contributed by atoms with Gasteiger partial charge in [-0.1, -0.05) is 29.3 Å². The van der Waals surface area contributed by atoms with Gasteiger partial charge in [-0.3, -0.25) is 9.59 Å². The Kier molecular flexibility index (Phi) is 6.85. The molecule has 1 aromatic carbocycles. The van der Waals surface area contributed by atoms with Gasteiger partial charge in [-0.05, 0) is 56.7 Å². The summed E-state index contributed by atoms with van der Waals surface area (Å²) >= 11 is 3.73. The van der Waals surface area contributed by atoms with E-state index >= 15 is 0 Å². The smallest absolute Gasteiger partial charge is 0.162 e. The zero-order valence-electron chi connectivity index (χ0n) is 18.3. The Labute approximate surface area is 192 Å². The number of halogens is 1. The van der Waals surface area contributed by atoms with Gasteiger partial charge in [-0.15, -0.1) is 0 Å². The largest absolute Gasteiger partial charge is 0.490 e. The second-order valence-corrected chi connectivity index (χ2v) is 9.21. The van der Waals surface area contributed by atoms with Gasteiger partial charge in [-0.2, -0.15) is 0 Å². The van der Waals surface area contributed by atoms with Crippen LogP contribution in [0.2, 0.25) is 0 Å². The van der Waals surface area contributed by atoms with E-state index in [0.717, 1.165) is 71.1 Å². The highest BCUT2D eigenvalue weighted by Crippen LogP contribution is 2.49. The van der Waals surface area contributed by atoms with Gasteiger partial charge < -0.3 is 14.8 Å². The fraction of sp³-hybridized carbons (Fsp3) is 0.520. The van der Waals surface area contributed by atoms with Crippen molar-refractivity contribution in [1.29, 1.82) is 0 Å². The number of rotatable bonds is 7. The minimum absolute atomic E-state index is 0.136. The van der Waals surface area contributed by atoms with Crippen LogP contribution in [-0.2, 0) is 9.59 Å². The number of allylic oxidation sites excluding steroid dienone is 4. The van der Waals surface area contributed by atoms with Gasteiger partial charge >= 0.3 is 0 Å². The van der Waals surface area contributed by atoms with E-state index in [1.807, 2.05) is 19.1 Å². The fourth-order valence-electron chi connectivity index (χ4n) is 4.77. The predicted molar refractivity (Wildman–Crippen MR) is 123 cm³/mol. The van der Waals surface area contributed by atoms with E-state index in [1.165, 1.54) is 0 Å². The Hall–Kier alpha value is -2.08. The number of hydrogen-bond donors (Lipinski definition) is 1. The number of hydrogen-bond acceptors (Lipinski definition) is 5. The standard InChI is InChI=1S/C25H30BrNO4/c1-3-5-12-31-22-14-16(26)15(13-21(22)30-4-2)23-24-17(8-6-10-19(24)28)27-18-9-7-11-20(29)25(18)23/h13-14,23,27H,3-12H2,1-2H3. The molecule has 1 aromatic rings. The molecular formula is C25H30BrNO4. The van der Waals surface area contributed by atoms with E-state index < -0.39 is 0 Å². The lowest BCUT2D eigenvalue weighted by atomic mass is 9.71. The van der Waals surface area contributed by atoms with Crippen LogP contribution in [0.5, 0.6) is 11.5 Å². The van der Waals surface area contributed by atoms with Gasteiger partial charge in [0.15, 0.2) is 23.1 Å². The van der Waals surface area contributed by atoms with Crippen LogP contribution in [-0.4, -0.2) is 24.8 Å². The average Bonchev–Trinajstić information content (AvgIpc) is 2.75. The van der Waals surface area contributed by atoms with Gasteiger partial charge in [0, 0.05) is 45.8 Å². The number of nitrogens with one attached hydrogen (secondary N) is 1. The molecular weight excluding hydrogens is 458 g/mol. The maximum Gasteiger partial charge on any atom is 0.162 e. The van der Waals surface area contributed by atoms with Crippen LogP contribution < -0.4 is 14.8 Å². The highest BCUT2D eigenvalue weighted by Gasteiger charge is 2.41. The zero-order valence-corrected chi connectivity index (χ0v) is 19.9. The Balaban J connectivity index is 1.84. The van der Waals surface area contributed by atoms with Gasteiger partial charge in [0.25, 0.3) is 0 Å². The van der Waals surface area contributed by atoms with Crippen LogP contribution in [0.25, 0.3) is 0 Å². The topological polar surface area (TPSA) is 64.6 Å². The van der Waals surface area contributed by atoms with Crippen molar-refractivity contribution < 1.29 is 19.1 Å². The average molecular weight is 488 g/mol. The van der Waals surface area contributed by atoms with Crippen molar-refractivity contribution in [2.24, 2.45) is 0 Å². The monoisotopic (exact) mass is 487 g/mol. The lowest BCUT2D eigenvalue weighted by Crippen LogP contribution is -2.36. The van der Waals surface area contributed by atoms with Gasteiger partial charge in [0.1, 0.15) is 0 Å². The quantitative estimate of drug-likeness (QED) is 0.497. The molecule has 0 amide bonds. The molecule has 0 fully saturated rings. The summed E-state index contributed by atoms with van der Waals surface area (Å²) in [5.74, 6) is 1.26. The van der Waals surface area contributed by atoms with E-state index in [9.17, 15) is 9.59 Å². The molecule has 1 aliphatic heterocycles. The maximum absolute atomic E-state index is 13.1. The van der Waals surface area contributed by atoms with Crippen LogP contribution in [0.4, 0.5) is 0 Å². The lowest BCUT2D eigenvalue weighted by molar-refractivity contribution is -0.117. The Morgan fingerprint density at radius 2 is 1.55 bits per heavy atom. The lowest BCUT2D eigenvalue weighted by Gasteiger charge is -2.37. The van der Waals surface area contributed by atoms with Crippen molar-refractivity contribution in [2.45, 2.75) is 71.1 Å². The number of carbonyl (C=O) groups excluding carboxylic acids is 2. The molecule has 6 heteroatoms.